The summed E-state index contributed by atoms with van der Waals surface area (Å²) in [6.07, 6.45) is 7.60. The molecule has 0 bridgehead atoms. The van der Waals surface area contributed by atoms with Crippen molar-refractivity contribution < 1.29 is 64.5 Å². The second kappa shape index (κ2) is 22.2. The van der Waals surface area contributed by atoms with Crippen molar-refractivity contribution in [3.63, 3.8) is 0 Å². The number of hydrogen-bond donors (Lipinski definition) is 6. The van der Waals surface area contributed by atoms with Gasteiger partial charge in [-0.1, -0.05) is 23.5 Å². The van der Waals surface area contributed by atoms with Crippen LogP contribution in [0.1, 0.15) is 57.0 Å². The number of aromatic nitrogens is 5. The lowest BCUT2D eigenvalue weighted by molar-refractivity contribution is -0.689. The molecule has 4 rings (SSSR count). The molecule has 1 amide bonds. The fraction of sp³-hybridized carbons (Fsp3) is 0.333. The Bertz CT molecular complexity index is 2100. The number of carbonyl (C=O) groups excluding carboxylic acids is 2. The number of phosphoric acid groups is 1. The molecule has 18 nitrogen and oxygen atoms in total. The Kier molecular flexibility index (Phi) is 19.2. The van der Waals surface area contributed by atoms with Crippen molar-refractivity contribution >= 4 is 67.9 Å². The number of ether oxygens (including phenoxy) is 1. The van der Waals surface area contributed by atoms with Gasteiger partial charge in [0.15, 0.2) is 12.2 Å². The number of halogens is 1. The van der Waals surface area contributed by atoms with Gasteiger partial charge >= 0.3 is 7.82 Å². The van der Waals surface area contributed by atoms with Crippen LogP contribution in [0, 0.1) is 20.8 Å². The molecule has 1 aromatic carbocycles. The maximum absolute atomic E-state index is 12.9. The molecular weight excluding hydrogens is 830 g/mol. The SMILES string of the molecule is C=P(O)(O)OCC/C(SC(=O)c1cccc(OC)c1)=C(\C)N(C=O)Cc1cnc(C)nc1N.Cc1ncc(C[n+]2csc(CCOP(=O)(O)O)c2C)c(N)n1.[Cl-]. The third-order valence-corrected chi connectivity index (χ3v) is 11.0. The van der Waals surface area contributed by atoms with Gasteiger partial charge in [-0.15, -0.1) is 0 Å². The molecule has 56 heavy (non-hydrogen) atoms. The van der Waals surface area contributed by atoms with E-state index in [-0.39, 0.29) is 49.5 Å². The standard InChI is InChI=1S/C21H27N4O6PS.C12H17N4O4PS.ClH/c1-14(25(13-26)12-17-11-23-15(2)24-20(17)22)19(8-9-31-32(4,28)29)33-21(27)16-6-5-7-18(10-16)30-3;1-8-11(3-4-20-21(17,18)19)22-7-16(8)6-10-5-14-9(2)15-12(10)13;/h5-7,10-11,13,28-29H,4,8-9,12H2,1-3H3,(H2,22,23,24);5,7H,3-4,6H2,1-2H3,(H3-,13,14,15,17,18,19);1H/b19-14-;;. The van der Waals surface area contributed by atoms with Crippen LogP contribution < -0.4 is 33.2 Å². The lowest BCUT2D eigenvalue weighted by Crippen LogP contribution is -3.00. The average Bonchev–Trinajstić information content (AvgIpc) is 3.45. The molecule has 8 N–H and O–H groups in total. The zero-order chi connectivity index (χ0) is 40.9. The summed E-state index contributed by atoms with van der Waals surface area (Å²) in [5.74, 6) is 2.37. The Hall–Kier alpha value is -3.78. The molecule has 0 saturated carbocycles. The van der Waals surface area contributed by atoms with Gasteiger partial charge in [-0.25, -0.2) is 24.5 Å². The van der Waals surface area contributed by atoms with Gasteiger partial charge in [0.05, 0.1) is 37.3 Å². The highest BCUT2D eigenvalue weighted by molar-refractivity contribution is 8.17. The molecule has 4 aromatic rings. The fourth-order valence-corrected chi connectivity index (χ4v) is 7.25. The van der Waals surface area contributed by atoms with E-state index in [0.29, 0.717) is 64.3 Å². The monoisotopic (exact) mass is 874 g/mol. The van der Waals surface area contributed by atoms with Gasteiger partial charge in [0.1, 0.15) is 29.0 Å². The van der Waals surface area contributed by atoms with E-state index < -0.39 is 15.4 Å². The van der Waals surface area contributed by atoms with Crippen molar-refractivity contribution in [1.82, 2.24) is 24.8 Å². The molecular formula is C33H45ClN8O10P2S2. The molecule has 0 spiro atoms. The molecule has 3 heterocycles. The molecule has 306 valence electrons. The molecule has 0 fully saturated rings. The minimum atomic E-state index is -4.41. The van der Waals surface area contributed by atoms with E-state index in [2.05, 4.69) is 30.8 Å². The van der Waals surface area contributed by atoms with E-state index in [0.717, 1.165) is 27.9 Å². The normalized spacial score (nSPS) is 11.8. The van der Waals surface area contributed by atoms with Crippen LogP contribution in [0.2, 0.25) is 0 Å². The Balaban J connectivity index is 0.000000409. The quantitative estimate of drug-likeness (QED) is 0.0478. The van der Waals surface area contributed by atoms with E-state index in [4.69, 9.17) is 30.5 Å². The summed E-state index contributed by atoms with van der Waals surface area (Å²) in [6.45, 7) is 7.59. The largest absolute Gasteiger partial charge is 1.00 e. The lowest BCUT2D eigenvalue weighted by atomic mass is 10.2. The Labute approximate surface area is 338 Å². The molecule has 0 unspecified atom stereocenters. The highest BCUT2D eigenvalue weighted by atomic mass is 35.5. The first-order chi connectivity index (χ1) is 25.8. The molecule has 23 heteroatoms. The van der Waals surface area contributed by atoms with Crippen LogP contribution in [0.15, 0.2) is 52.8 Å². The maximum Gasteiger partial charge on any atom is 0.469 e. The van der Waals surface area contributed by atoms with Crippen LogP contribution >= 0.6 is 38.5 Å². The third-order valence-electron chi connectivity index (χ3n) is 7.57. The molecule has 3 aromatic heterocycles. The fourth-order valence-electron chi connectivity index (χ4n) is 4.65. The van der Waals surface area contributed by atoms with Gasteiger partial charge in [0.25, 0.3) is 0 Å². The molecule has 0 aliphatic rings. The summed E-state index contributed by atoms with van der Waals surface area (Å²) >= 11 is 2.41. The highest BCUT2D eigenvalue weighted by Gasteiger charge is 2.21. The Morgan fingerprint density at radius 1 is 1.04 bits per heavy atom. The number of carbonyl (C=O) groups is 2. The maximum atomic E-state index is 12.9. The van der Waals surface area contributed by atoms with Crippen LogP contribution in [-0.2, 0) is 37.9 Å². The van der Waals surface area contributed by atoms with E-state index in [9.17, 15) is 23.9 Å². The third kappa shape index (κ3) is 16.0. The lowest BCUT2D eigenvalue weighted by Gasteiger charge is -2.22. The summed E-state index contributed by atoms with van der Waals surface area (Å²) in [4.78, 5) is 80.4. The van der Waals surface area contributed by atoms with Gasteiger partial charge < -0.3 is 57.6 Å². The number of amides is 1. The van der Waals surface area contributed by atoms with Gasteiger partial charge in [-0.05, 0) is 51.0 Å². The molecule has 0 aliphatic heterocycles. The van der Waals surface area contributed by atoms with Crippen LogP contribution in [0.5, 0.6) is 5.75 Å². The zero-order valence-electron chi connectivity index (χ0n) is 31.2. The Morgan fingerprint density at radius 3 is 2.21 bits per heavy atom. The van der Waals surface area contributed by atoms with Gasteiger partial charge in [0, 0.05) is 53.9 Å². The van der Waals surface area contributed by atoms with Crippen molar-refractivity contribution in [1.29, 1.82) is 0 Å². The van der Waals surface area contributed by atoms with E-state index >= 15 is 0 Å². The van der Waals surface area contributed by atoms with Crippen molar-refractivity contribution in [2.45, 2.75) is 53.6 Å². The zero-order valence-corrected chi connectivity index (χ0v) is 35.4. The van der Waals surface area contributed by atoms with Gasteiger partial charge in [0.2, 0.25) is 24.6 Å². The second-order valence-electron chi connectivity index (χ2n) is 11.7. The van der Waals surface area contributed by atoms with Crippen LogP contribution in [0.25, 0.3) is 0 Å². The first-order valence-electron chi connectivity index (χ1n) is 16.2. The number of anilines is 2. The Morgan fingerprint density at radius 2 is 1.66 bits per heavy atom. The van der Waals surface area contributed by atoms with Crippen LogP contribution in [-0.4, -0.2) is 82.6 Å². The van der Waals surface area contributed by atoms with Crippen molar-refractivity contribution in [2.75, 3.05) is 31.8 Å². The molecule has 0 atom stereocenters. The number of benzene rings is 1. The van der Waals surface area contributed by atoms with E-state index in [1.807, 2.05) is 17.0 Å². The number of allylic oxidation sites excluding steroid dienone is 1. The number of thioether (sulfide) groups is 1. The number of phosphoric ester groups is 1. The van der Waals surface area contributed by atoms with Crippen molar-refractivity contribution in [3.8, 4) is 5.75 Å². The number of nitrogen functional groups attached to an aromatic ring is 2. The van der Waals surface area contributed by atoms with Gasteiger partial charge in [-0.3, -0.25) is 14.1 Å². The van der Waals surface area contributed by atoms with Gasteiger partial charge in [-0.2, -0.15) is 4.57 Å². The first-order valence-corrected chi connectivity index (χ1v) is 21.3. The number of nitrogens with two attached hydrogens (primary N) is 2. The summed E-state index contributed by atoms with van der Waals surface area (Å²) in [7, 11) is -6.61. The second-order valence-corrected chi connectivity index (χ2v) is 16.5. The van der Waals surface area contributed by atoms with Crippen LogP contribution in [0.3, 0.4) is 0 Å². The first kappa shape index (κ1) is 48.4. The number of hydrogen-bond acceptors (Lipinski definition) is 16. The van der Waals surface area contributed by atoms with Crippen LogP contribution in [0.4, 0.5) is 11.6 Å². The number of aryl methyl sites for hydroxylation is 2. The summed E-state index contributed by atoms with van der Waals surface area (Å²) in [6, 6.07) is 6.67. The molecule has 0 saturated heterocycles. The van der Waals surface area contributed by atoms with E-state index in [1.54, 1.807) is 51.2 Å². The summed E-state index contributed by atoms with van der Waals surface area (Å²) < 4.78 is 27.3. The topological polar surface area (TPSA) is 271 Å². The number of rotatable bonds is 17. The number of thiazole rings is 1. The minimum Gasteiger partial charge on any atom is -1.00 e. The molecule has 0 radical (unpaired) electrons. The smallest absolute Gasteiger partial charge is 0.469 e. The van der Waals surface area contributed by atoms with Crippen molar-refractivity contribution in [3.05, 3.63) is 91.7 Å². The summed E-state index contributed by atoms with van der Waals surface area (Å²) in [5.41, 5.74) is 17.0. The summed E-state index contributed by atoms with van der Waals surface area (Å²) in [5, 5.41) is -0.282. The number of nitrogens with zero attached hydrogens (tertiary/aromatic N) is 6. The predicted molar refractivity (Wildman–Crippen MR) is 211 cm³/mol. The highest BCUT2D eigenvalue weighted by Crippen LogP contribution is 2.38. The predicted octanol–water partition coefficient (Wildman–Crippen LogP) is 0.454. The average molecular weight is 875 g/mol. The van der Waals surface area contributed by atoms with Crippen molar-refractivity contribution in [2.24, 2.45) is 0 Å². The minimum absolute atomic E-state index is 0. The number of methoxy groups -OCH3 is 1. The van der Waals surface area contributed by atoms with E-state index in [1.165, 1.54) is 29.5 Å². The molecule has 0 aliphatic carbocycles.